The molecule has 5 heteroatoms. The molecule has 0 fully saturated rings. The zero-order chi connectivity index (χ0) is 10.1. The Morgan fingerprint density at radius 1 is 0.933 bits per heavy atom. The van der Waals surface area contributed by atoms with Crippen molar-refractivity contribution in [3.63, 3.8) is 0 Å². The Bertz CT molecular complexity index is 476. The summed E-state index contributed by atoms with van der Waals surface area (Å²) < 4.78 is 0. The molecule has 0 heterocycles. The first-order valence-electron chi connectivity index (χ1n) is 4.32. The summed E-state index contributed by atoms with van der Waals surface area (Å²) in [5, 5.41) is 19.9. The number of nitrogens with two attached hydrogens (primary N) is 1. The predicted molar refractivity (Wildman–Crippen MR) is 65.4 cm³/mol. The van der Waals surface area contributed by atoms with Crippen molar-refractivity contribution in [2.75, 3.05) is 5.73 Å². The molecule has 4 N–H and O–H groups in total. The van der Waals surface area contributed by atoms with E-state index >= 15 is 0 Å². The van der Waals surface area contributed by atoms with Gasteiger partial charge in [0, 0.05) is 5.69 Å². The standard InChI is InChI=1S/C10H10BNO2.ClH/c12-10-4-2-7-5-9(11(13)14)3-1-8(7)6-10;/h1-6,13-14H,12H2;1H. The quantitative estimate of drug-likeness (QED) is 0.488. The number of rotatable bonds is 1. The molecule has 3 nitrogen and oxygen atoms in total. The van der Waals surface area contributed by atoms with E-state index in [0.717, 1.165) is 10.8 Å². The van der Waals surface area contributed by atoms with Gasteiger partial charge in [0.15, 0.2) is 0 Å². The fraction of sp³-hybridized carbons (Fsp3) is 0. The summed E-state index contributed by atoms with van der Waals surface area (Å²) in [6, 6.07) is 10.7. The Kier molecular flexibility index (Phi) is 3.58. The normalized spacial score (nSPS) is 9.73. The number of anilines is 1. The molecular weight excluding hydrogens is 212 g/mol. The van der Waals surface area contributed by atoms with Crippen LogP contribution in [0.3, 0.4) is 0 Å². The van der Waals surface area contributed by atoms with Crippen molar-refractivity contribution < 1.29 is 10.0 Å². The Morgan fingerprint density at radius 2 is 1.53 bits per heavy atom. The Hall–Kier alpha value is -1.23. The molecule has 0 radical (unpaired) electrons. The van der Waals surface area contributed by atoms with Gasteiger partial charge in [-0.05, 0) is 28.4 Å². The highest BCUT2D eigenvalue weighted by Gasteiger charge is 2.10. The number of hydrogen-bond acceptors (Lipinski definition) is 3. The first kappa shape index (κ1) is 11.8. The van der Waals surface area contributed by atoms with E-state index < -0.39 is 7.12 Å². The molecule has 0 spiro atoms. The van der Waals surface area contributed by atoms with Crippen molar-refractivity contribution in [1.82, 2.24) is 0 Å². The average molecular weight is 223 g/mol. The van der Waals surface area contributed by atoms with Gasteiger partial charge in [-0.15, -0.1) is 12.4 Å². The molecule has 0 aliphatic heterocycles. The highest BCUT2D eigenvalue weighted by Crippen LogP contribution is 2.15. The molecule has 0 aromatic heterocycles. The van der Waals surface area contributed by atoms with Gasteiger partial charge in [0.05, 0.1) is 0 Å². The lowest BCUT2D eigenvalue weighted by Gasteiger charge is -2.03. The second-order valence-electron chi connectivity index (χ2n) is 3.24. The zero-order valence-electron chi connectivity index (χ0n) is 7.92. The van der Waals surface area contributed by atoms with Crippen LogP contribution < -0.4 is 11.2 Å². The second-order valence-corrected chi connectivity index (χ2v) is 3.24. The third-order valence-electron chi connectivity index (χ3n) is 2.19. The van der Waals surface area contributed by atoms with E-state index in [4.69, 9.17) is 15.8 Å². The van der Waals surface area contributed by atoms with E-state index in [2.05, 4.69) is 0 Å². The van der Waals surface area contributed by atoms with Gasteiger partial charge in [-0.3, -0.25) is 0 Å². The van der Waals surface area contributed by atoms with E-state index in [1.54, 1.807) is 18.2 Å². The monoisotopic (exact) mass is 223 g/mol. The Morgan fingerprint density at radius 3 is 2.20 bits per heavy atom. The minimum atomic E-state index is -1.42. The lowest BCUT2D eigenvalue weighted by molar-refractivity contribution is 0.426. The molecule has 2 aromatic rings. The van der Waals surface area contributed by atoms with Gasteiger partial charge in [0.1, 0.15) is 0 Å². The van der Waals surface area contributed by atoms with E-state index in [1.165, 1.54) is 0 Å². The summed E-state index contributed by atoms with van der Waals surface area (Å²) in [4.78, 5) is 0. The van der Waals surface area contributed by atoms with Gasteiger partial charge in [0.25, 0.3) is 0 Å². The van der Waals surface area contributed by atoms with Crippen LogP contribution in [0.4, 0.5) is 5.69 Å². The van der Waals surface area contributed by atoms with Crippen LogP contribution in [0.25, 0.3) is 10.8 Å². The summed E-state index contributed by atoms with van der Waals surface area (Å²) in [7, 11) is -1.42. The van der Waals surface area contributed by atoms with Crippen LogP contribution in [0.15, 0.2) is 36.4 Å². The van der Waals surface area contributed by atoms with Gasteiger partial charge in [-0.1, -0.05) is 24.3 Å². The molecular formula is C10H11BClNO2. The topological polar surface area (TPSA) is 66.5 Å². The SMILES string of the molecule is Cl.Nc1ccc2cc(B(O)O)ccc2c1. The Balaban J connectivity index is 0.00000112. The summed E-state index contributed by atoms with van der Waals surface area (Å²) in [5.41, 5.74) is 6.81. The molecule has 0 atom stereocenters. The fourth-order valence-corrected chi connectivity index (χ4v) is 1.44. The summed E-state index contributed by atoms with van der Waals surface area (Å²) in [6.07, 6.45) is 0. The maximum atomic E-state index is 8.97. The molecule has 2 aromatic carbocycles. The van der Waals surface area contributed by atoms with Crippen molar-refractivity contribution in [1.29, 1.82) is 0 Å². The number of nitrogen functional groups attached to an aromatic ring is 1. The number of hydrogen-bond donors (Lipinski definition) is 3. The minimum Gasteiger partial charge on any atom is -0.423 e. The van der Waals surface area contributed by atoms with E-state index in [-0.39, 0.29) is 12.4 Å². The van der Waals surface area contributed by atoms with Crippen molar-refractivity contribution in [3.8, 4) is 0 Å². The van der Waals surface area contributed by atoms with Gasteiger partial charge in [-0.25, -0.2) is 0 Å². The molecule has 0 saturated carbocycles. The highest BCUT2D eigenvalue weighted by atomic mass is 35.5. The minimum absolute atomic E-state index is 0. The van der Waals surface area contributed by atoms with Crippen LogP contribution in [0.5, 0.6) is 0 Å². The van der Waals surface area contributed by atoms with Gasteiger partial charge in [0.2, 0.25) is 0 Å². The molecule has 0 aliphatic rings. The van der Waals surface area contributed by atoms with Gasteiger partial charge in [-0.2, -0.15) is 0 Å². The molecule has 2 rings (SSSR count). The van der Waals surface area contributed by atoms with Crippen molar-refractivity contribution in [2.45, 2.75) is 0 Å². The maximum absolute atomic E-state index is 8.97. The molecule has 0 bridgehead atoms. The summed E-state index contributed by atoms with van der Waals surface area (Å²) in [6.45, 7) is 0. The fourth-order valence-electron chi connectivity index (χ4n) is 1.44. The number of halogens is 1. The molecule has 0 amide bonds. The van der Waals surface area contributed by atoms with Crippen LogP contribution in [0, 0.1) is 0 Å². The average Bonchev–Trinajstić information content (AvgIpc) is 2.16. The van der Waals surface area contributed by atoms with Crippen LogP contribution in [0.1, 0.15) is 0 Å². The molecule has 15 heavy (non-hydrogen) atoms. The second kappa shape index (κ2) is 4.53. The van der Waals surface area contributed by atoms with Crippen molar-refractivity contribution in [2.24, 2.45) is 0 Å². The van der Waals surface area contributed by atoms with Crippen molar-refractivity contribution in [3.05, 3.63) is 36.4 Å². The summed E-state index contributed by atoms with van der Waals surface area (Å²) in [5.74, 6) is 0. The molecule has 0 unspecified atom stereocenters. The predicted octanol–water partition coefficient (Wildman–Crippen LogP) is 0.524. The van der Waals surface area contributed by atoms with E-state index in [0.29, 0.717) is 11.2 Å². The molecule has 0 saturated heterocycles. The maximum Gasteiger partial charge on any atom is 0.488 e. The summed E-state index contributed by atoms with van der Waals surface area (Å²) >= 11 is 0. The lowest BCUT2D eigenvalue weighted by Crippen LogP contribution is -2.29. The van der Waals surface area contributed by atoms with E-state index in [9.17, 15) is 0 Å². The van der Waals surface area contributed by atoms with Crippen LogP contribution in [-0.2, 0) is 0 Å². The first-order chi connectivity index (χ1) is 6.66. The first-order valence-corrected chi connectivity index (χ1v) is 4.32. The zero-order valence-corrected chi connectivity index (χ0v) is 8.74. The van der Waals surface area contributed by atoms with Crippen molar-refractivity contribution >= 4 is 41.4 Å². The largest absolute Gasteiger partial charge is 0.488 e. The number of fused-ring (bicyclic) bond motifs is 1. The molecule has 0 aliphatic carbocycles. The van der Waals surface area contributed by atoms with Gasteiger partial charge < -0.3 is 15.8 Å². The van der Waals surface area contributed by atoms with Crippen LogP contribution in [-0.4, -0.2) is 17.2 Å². The molecule has 78 valence electrons. The lowest BCUT2D eigenvalue weighted by atomic mass is 9.79. The third-order valence-corrected chi connectivity index (χ3v) is 2.19. The van der Waals surface area contributed by atoms with Crippen LogP contribution in [0.2, 0.25) is 0 Å². The smallest absolute Gasteiger partial charge is 0.423 e. The van der Waals surface area contributed by atoms with Crippen LogP contribution >= 0.6 is 12.4 Å². The third kappa shape index (κ3) is 2.42. The highest BCUT2D eigenvalue weighted by molar-refractivity contribution is 6.58. The number of benzene rings is 2. The van der Waals surface area contributed by atoms with Gasteiger partial charge >= 0.3 is 7.12 Å². The van der Waals surface area contributed by atoms with E-state index in [1.807, 2.05) is 18.2 Å². The Labute approximate surface area is 94.1 Å².